The Kier molecular flexibility index (Phi) is 8.91. The van der Waals surface area contributed by atoms with Gasteiger partial charge < -0.3 is 10.2 Å². The fourth-order valence-corrected chi connectivity index (χ4v) is 3.37. The third-order valence-electron chi connectivity index (χ3n) is 5.46. The molecule has 0 saturated heterocycles. The molecular formula is C25H34N2O2. The Labute approximate surface area is 175 Å². The predicted octanol–water partition coefficient (Wildman–Crippen LogP) is 4.65. The SMILES string of the molecule is CCC(C)NC(=O)C(CC)N(Cc1ccccc1C)C(=O)CCc1ccccc1. The van der Waals surface area contributed by atoms with E-state index in [0.717, 1.165) is 23.1 Å². The van der Waals surface area contributed by atoms with Crippen molar-refractivity contribution in [3.8, 4) is 0 Å². The highest BCUT2D eigenvalue weighted by atomic mass is 16.2. The standard InChI is InChI=1S/C25H34N2O2/c1-5-20(4)26-25(29)23(6-2)27(18-22-15-11-10-12-19(22)3)24(28)17-16-21-13-8-7-9-14-21/h7-15,20,23H,5-6,16-18H2,1-4H3,(H,26,29). The largest absolute Gasteiger partial charge is 0.352 e. The van der Waals surface area contributed by atoms with Crippen molar-refractivity contribution in [3.05, 3.63) is 71.3 Å². The smallest absolute Gasteiger partial charge is 0.243 e. The van der Waals surface area contributed by atoms with Gasteiger partial charge in [-0.15, -0.1) is 0 Å². The molecule has 2 amide bonds. The summed E-state index contributed by atoms with van der Waals surface area (Å²) >= 11 is 0. The van der Waals surface area contributed by atoms with Gasteiger partial charge in [-0.25, -0.2) is 0 Å². The normalized spacial score (nSPS) is 12.8. The molecule has 2 atom stereocenters. The average molecular weight is 395 g/mol. The molecule has 2 rings (SSSR count). The number of hydrogen-bond donors (Lipinski definition) is 1. The Hall–Kier alpha value is -2.62. The zero-order valence-corrected chi connectivity index (χ0v) is 18.2. The average Bonchev–Trinajstić information content (AvgIpc) is 2.73. The summed E-state index contributed by atoms with van der Waals surface area (Å²) < 4.78 is 0. The van der Waals surface area contributed by atoms with Gasteiger partial charge in [-0.05, 0) is 49.8 Å². The second-order valence-corrected chi connectivity index (χ2v) is 7.68. The molecule has 0 spiro atoms. The van der Waals surface area contributed by atoms with Gasteiger partial charge in [0.05, 0.1) is 0 Å². The summed E-state index contributed by atoms with van der Waals surface area (Å²) in [6, 6.07) is 17.7. The van der Waals surface area contributed by atoms with E-state index >= 15 is 0 Å². The minimum atomic E-state index is -0.466. The highest BCUT2D eigenvalue weighted by molar-refractivity contribution is 5.88. The van der Waals surface area contributed by atoms with Gasteiger partial charge in [-0.3, -0.25) is 9.59 Å². The van der Waals surface area contributed by atoms with Crippen LogP contribution in [0.4, 0.5) is 0 Å². The summed E-state index contributed by atoms with van der Waals surface area (Å²) in [5, 5.41) is 3.06. The van der Waals surface area contributed by atoms with Crippen molar-refractivity contribution >= 4 is 11.8 Å². The molecule has 0 radical (unpaired) electrons. The molecule has 0 aliphatic heterocycles. The van der Waals surface area contributed by atoms with E-state index in [9.17, 15) is 9.59 Å². The molecule has 4 nitrogen and oxygen atoms in total. The minimum absolute atomic E-state index is 0.0169. The molecule has 0 aromatic heterocycles. The molecule has 0 aliphatic rings. The first kappa shape index (κ1) is 22.7. The first-order chi connectivity index (χ1) is 14.0. The zero-order chi connectivity index (χ0) is 21.2. The second kappa shape index (κ2) is 11.4. The predicted molar refractivity (Wildman–Crippen MR) is 118 cm³/mol. The van der Waals surface area contributed by atoms with Crippen molar-refractivity contribution in [2.45, 2.75) is 72.0 Å². The topological polar surface area (TPSA) is 49.4 Å². The van der Waals surface area contributed by atoms with Crippen molar-refractivity contribution in [2.24, 2.45) is 0 Å². The van der Waals surface area contributed by atoms with Crippen LogP contribution in [0.15, 0.2) is 54.6 Å². The van der Waals surface area contributed by atoms with Crippen molar-refractivity contribution in [1.82, 2.24) is 10.2 Å². The minimum Gasteiger partial charge on any atom is -0.352 e. The van der Waals surface area contributed by atoms with Crippen LogP contribution in [-0.4, -0.2) is 28.8 Å². The number of nitrogens with zero attached hydrogens (tertiary/aromatic N) is 1. The third-order valence-corrected chi connectivity index (χ3v) is 5.46. The van der Waals surface area contributed by atoms with Gasteiger partial charge in [-0.1, -0.05) is 68.4 Å². The van der Waals surface area contributed by atoms with Gasteiger partial charge in [0, 0.05) is 19.0 Å². The van der Waals surface area contributed by atoms with Crippen LogP contribution >= 0.6 is 0 Å². The van der Waals surface area contributed by atoms with Crippen LogP contribution in [0.3, 0.4) is 0 Å². The molecule has 0 saturated carbocycles. The summed E-state index contributed by atoms with van der Waals surface area (Å²) in [4.78, 5) is 27.9. The van der Waals surface area contributed by atoms with E-state index in [1.54, 1.807) is 4.90 Å². The number of hydrogen-bond acceptors (Lipinski definition) is 2. The van der Waals surface area contributed by atoms with Gasteiger partial charge in [-0.2, -0.15) is 0 Å². The van der Waals surface area contributed by atoms with Crippen molar-refractivity contribution < 1.29 is 9.59 Å². The molecule has 0 fully saturated rings. The van der Waals surface area contributed by atoms with Crippen LogP contribution < -0.4 is 5.32 Å². The lowest BCUT2D eigenvalue weighted by atomic mass is 10.0. The van der Waals surface area contributed by atoms with E-state index < -0.39 is 6.04 Å². The van der Waals surface area contributed by atoms with Gasteiger partial charge in [0.15, 0.2) is 0 Å². The van der Waals surface area contributed by atoms with Gasteiger partial charge in [0.2, 0.25) is 11.8 Å². The zero-order valence-electron chi connectivity index (χ0n) is 18.2. The van der Waals surface area contributed by atoms with Crippen molar-refractivity contribution in [1.29, 1.82) is 0 Å². The number of carbonyl (C=O) groups is 2. The third kappa shape index (κ3) is 6.74. The van der Waals surface area contributed by atoms with E-state index in [0.29, 0.717) is 25.8 Å². The van der Waals surface area contributed by atoms with Crippen LogP contribution in [0, 0.1) is 6.92 Å². The molecule has 156 valence electrons. The number of carbonyl (C=O) groups excluding carboxylic acids is 2. The number of benzene rings is 2. The molecule has 2 aromatic rings. The lowest BCUT2D eigenvalue weighted by molar-refractivity contribution is -0.141. The fourth-order valence-electron chi connectivity index (χ4n) is 3.37. The molecule has 1 N–H and O–H groups in total. The van der Waals surface area contributed by atoms with E-state index in [-0.39, 0.29) is 17.9 Å². The highest BCUT2D eigenvalue weighted by Gasteiger charge is 2.29. The molecule has 4 heteroatoms. The molecule has 2 aromatic carbocycles. The lowest BCUT2D eigenvalue weighted by Crippen LogP contribution is -2.50. The van der Waals surface area contributed by atoms with Gasteiger partial charge in [0.1, 0.15) is 6.04 Å². The molecule has 0 aliphatic carbocycles. The quantitative estimate of drug-likeness (QED) is 0.638. The second-order valence-electron chi connectivity index (χ2n) is 7.68. The Morgan fingerprint density at radius 2 is 1.62 bits per heavy atom. The van der Waals surface area contributed by atoms with Crippen LogP contribution in [0.25, 0.3) is 0 Å². The number of amides is 2. The summed E-state index contributed by atoms with van der Waals surface area (Å²) in [6.45, 7) is 8.50. The monoisotopic (exact) mass is 394 g/mol. The van der Waals surface area contributed by atoms with Gasteiger partial charge >= 0.3 is 0 Å². The van der Waals surface area contributed by atoms with Crippen LogP contribution in [-0.2, 0) is 22.6 Å². The Bertz CT molecular complexity index is 788. The molecule has 0 heterocycles. The molecule has 2 unspecified atom stereocenters. The number of rotatable bonds is 10. The van der Waals surface area contributed by atoms with Crippen molar-refractivity contribution in [3.63, 3.8) is 0 Å². The summed E-state index contributed by atoms with van der Waals surface area (Å²) in [7, 11) is 0. The fraction of sp³-hybridized carbons (Fsp3) is 0.440. The first-order valence-electron chi connectivity index (χ1n) is 10.6. The molecular weight excluding hydrogens is 360 g/mol. The van der Waals surface area contributed by atoms with E-state index in [4.69, 9.17) is 0 Å². The Morgan fingerprint density at radius 3 is 2.24 bits per heavy atom. The number of aryl methyl sites for hydroxylation is 2. The van der Waals surface area contributed by atoms with Crippen LogP contribution in [0.2, 0.25) is 0 Å². The van der Waals surface area contributed by atoms with Crippen LogP contribution in [0.5, 0.6) is 0 Å². The Morgan fingerprint density at radius 1 is 0.966 bits per heavy atom. The van der Waals surface area contributed by atoms with Gasteiger partial charge in [0.25, 0.3) is 0 Å². The maximum Gasteiger partial charge on any atom is 0.243 e. The molecule has 0 bridgehead atoms. The summed E-state index contributed by atoms with van der Waals surface area (Å²) in [6.07, 6.45) is 2.52. The maximum atomic E-state index is 13.2. The number of nitrogens with one attached hydrogen (secondary N) is 1. The first-order valence-corrected chi connectivity index (χ1v) is 10.6. The van der Waals surface area contributed by atoms with Crippen LogP contribution in [0.1, 0.15) is 56.7 Å². The highest BCUT2D eigenvalue weighted by Crippen LogP contribution is 2.17. The van der Waals surface area contributed by atoms with E-state index in [2.05, 4.69) is 5.32 Å². The summed E-state index contributed by atoms with van der Waals surface area (Å²) in [5.74, 6) is -0.0493. The lowest BCUT2D eigenvalue weighted by Gasteiger charge is -2.32. The Balaban J connectivity index is 2.22. The van der Waals surface area contributed by atoms with E-state index in [1.165, 1.54) is 0 Å². The maximum absolute atomic E-state index is 13.2. The summed E-state index contributed by atoms with van der Waals surface area (Å²) in [5.41, 5.74) is 3.34. The molecule has 29 heavy (non-hydrogen) atoms. The van der Waals surface area contributed by atoms with E-state index in [1.807, 2.05) is 82.3 Å². The van der Waals surface area contributed by atoms with Crippen molar-refractivity contribution in [2.75, 3.05) is 0 Å².